The van der Waals surface area contributed by atoms with E-state index in [0.717, 1.165) is 18.0 Å². The summed E-state index contributed by atoms with van der Waals surface area (Å²) in [6, 6.07) is 0. The van der Waals surface area contributed by atoms with Crippen LogP contribution in [0.2, 0.25) is 0 Å². The van der Waals surface area contributed by atoms with Crippen LogP contribution in [0.4, 0.5) is 5.95 Å². The minimum Gasteiger partial charge on any atom is -0.365 e. The lowest BCUT2D eigenvalue weighted by molar-refractivity contribution is -0.149. The summed E-state index contributed by atoms with van der Waals surface area (Å²) in [5, 5.41) is 3.26. The van der Waals surface area contributed by atoms with Crippen molar-refractivity contribution in [3.63, 3.8) is 0 Å². The van der Waals surface area contributed by atoms with Crippen molar-refractivity contribution in [1.29, 1.82) is 0 Å². The molecule has 2 aliphatic heterocycles. The van der Waals surface area contributed by atoms with Crippen LogP contribution in [0.1, 0.15) is 51.0 Å². The second kappa shape index (κ2) is 9.39. The number of ether oxygens (including phenoxy) is 1. The molecule has 29 heavy (non-hydrogen) atoms. The van der Waals surface area contributed by atoms with Crippen LogP contribution in [-0.4, -0.2) is 77.7 Å². The maximum atomic E-state index is 12.4. The third-order valence-corrected chi connectivity index (χ3v) is 6.44. The van der Waals surface area contributed by atoms with Crippen LogP contribution >= 0.6 is 0 Å². The Kier molecular flexibility index (Phi) is 6.65. The molecule has 3 fully saturated rings. The number of carbonyl (C=O) groups excluding carboxylic acids is 1. The number of amides is 1. The molecule has 7 nitrogen and oxygen atoms in total. The highest BCUT2D eigenvalue weighted by atomic mass is 16.5. The number of carbonyl (C=O) groups is 1. The lowest BCUT2D eigenvalue weighted by atomic mass is 9.95. The summed E-state index contributed by atoms with van der Waals surface area (Å²) in [6.45, 7) is 10.2. The molecule has 1 aromatic heterocycles. The first-order valence-electron chi connectivity index (χ1n) is 11.2. The monoisotopic (exact) mass is 401 g/mol. The number of aromatic nitrogens is 2. The van der Waals surface area contributed by atoms with Gasteiger partial charge in [-0.25, -0.2) is 9.97 Å². The molecular formula is C22H35N5O2. The van der Waals surface area contributed by atoms with Crippen LogP contribution in [0.5, 0.6) is 0 Å². The molecule has 0 radical (unpaired) electrons. The van der Waals surface area contributed by atoms with Gasteiger partial charge >= 0.3 is 0 Å². The Morgan fingerprint density at radius 1 is 1.10 bits per heavy atom. The van der Waals surface area contributed by atoms with E-state index in [1.165, 1.54) is 45.3 Å². The lowest BCUT2D eigenvalue weighted by Crippen LogP contribution is -2.51. The molecule has 1 aromatic rings. The van der Waals surface area contributed by atoms with E-state index in [9.17, 15) is 4.79 Å². The normalized spacial score (nSPS) is 24.3. The smallest absolute Gasteiger partial charge is 0.248 e. The molecule has 1 amide bonds. The topological polar surface area (TPSA) is 70.6 Å². The predicted molar refractivity (Wildman–Crippen MR) is 113 cm³/mol. The van der Waals surface area contributed by atoms with Crippen molar-refractivity contribution >= 4 is 11.9 Å². The quantitative estimate of drug-likeness (QED) is 0.721. The van der Waals surface area contributed by atoms with Crippen LogP contribution in [0.15, 0.2) is 12.4 Å². The van der Waals surface area contributed by atoms with Gasteiger partial charge in [0.1, 0.15) is 6.61 Å². The van der Waals surface area contributed by atoms with Crippen LogP contribution in [0.25, 0.3) is 0 Å². The fourth-order valence-corrected chi connectivity index (χ4v) is 4.24. The summed E-state index contributed by atoms with van der Waals surface area (Å²) < 4.78 is 5.74. The molecular weight excluding hydrogens is 366 g/mol. The molecule has 7 heteroatoms. The van der Waals surface area contributed by atoms with Crippen LogP contribution in [0.3, 0.4) is 0 Å². The number of hydrogen-bond acceptors (Lipinski definition) is 6. The van der Waals surface area contributed by atoms with Gasteiger partial charge in [0.05, 0.1) is 6.10 Å². The van der Waals surface area contributed by atoms with E-state index in [1.54, 1.807) is 0 Å². The standard InChI is InChI=1S/C22H35N5O2/c1-16(2)19-9-23-22(24-10-19)25-11-20-14-27(21(28)15-29-20)13-18-5-7-26(8-6-18)12-17-3-4-17/h9-10,16-18,20H,3-8,11-15H2,1-2H3,(H,23,24,25)/t20-/m1/s1. The van der Waals surface area contributed by atoms with Crippen molar-refractivity contribution in [2.45, 2.75) is 51.6 Å². The first-order valence-corrected chi connectivity index (χ1v) is 11.2. The van der Waals surface area contributed by atoms with Gasteiger partial charge in [-0.1, -0.05) is 13.8 Å². The third kappa shape index (κ3) is 5.89. The molecule has 2 saturated heterocycles. The summed E-state index contributed by atoms with van der Waals surface area (Å²) in [7, 11) is 0. The maximum absolute atomic E-state index is 12.4. The van der Waals surface area contributed by atoms with Gasteiger partial charge in [-0.2, -0.15) is 0 Å². The second-order valence-corrected chi connectivity index (χ2v) is 9.29. The van der Waals surface area contributed by atoms with Crippen molar-refractivity contribution < 1.29 is 9.53 Å². The minimum atomic E-state index is -0.0176. The van der Waals surface area contributed by atoms with E-state index in [4.69, 9.17) is 4.74 Å². The Morgan fingerprint density at radius 2 is 1.79 bits per heavy atom. The average Bonchev–Trinajstić information content (AvgIpc) is 3.54. The number of anilines is 1. The number of piperidine rings is 1. The molecule has 3 heterocycles. The number of morpholine rings is 1. The van der Waals surface area contributed by atoms with E-state index in [2.05, 4.69) is 34.0 Å². The molecule has 1 aliphatic carbocycles. The van der Waals surface area contributed by atoms with E-state index in [-0.39, 0.29) is 18.6 Å². The summed E-state index contributed by atoms with van der Waals surface area (Å²) in [5.41, 5.74) is 1.13. The maximum Gasteiger partial charge on any atom is 0.248 e. The minimum absolute atomic E-state index is 0.0176. The molecule has 0 unspecified atom stereocenters. The van der Waals surface area contributed by atoms with E-state index in [1.807, 2.05) is 17.3 Å². The fraction of sp³-hybridized carbons (Fsp3) is 0.773. The predicted octanol–water partition coefficient (Wildman–Crippen LogP) is 2.36. The van der Waals surface area contributed by atoms with Crippen LogP contribution in [-0.2, 0) is 9.53 Å². The average molecular weight is 402 g/mol. The Labute approximate surface area is 174 Å². The highest BCUT2D eigenvalue weighted by molar-refractivity contribution is 5.78. The third-order valence-electron chi connectivity index (χ3n) is 6.44. The molecule has 1 N–H and O–H groups in total. The summed E-state index contributed by atoms with van der Waals surface area (Å²) in [5.74, 6) is 2.74. The van der Waals surface area contributed by atoms with Gasteiger partial charge in [0, 0.05) is 38.6 Å². The molecule has 1 saturated carbocycles. The number of nitrogens with zero attached hydrogens (tertiary/aromatic N) is 4. The van der Waals surface area contributed by atoms with Crippen LogP contribution in [0, 0.1) is 11.8 Å². The largest absolute Gasteiger partial charge is 0.365 e. The Hall–Kier alpha value is -1.73. The zero-order valence-corrected chi connectivity index (χ0v) is 17.8. The van der Waals surface area contributed by atoms with E-state index < -0.39 is 0 Å². The molecule has 4 rings (SSSR count). The molecule has 160 valence electrons. The van der Waals surface area contributed by atoms with Gasteiger partial charge < -0.3 is 19.9 Å². The number of likely N-dealkylation sites (tertiary alicyclic amines) is 1. The highest BCUT2D eigenvalue weighted by Crippen LogP contribution is 2.31. The van der Waals surface area contributed by atoms with Crippen molar-refractivity contribution in [1.82, 2.24) is 19.8 Å². The number of nitrogens with one attached hydrogen (secondary N) is 1. The Bertz CT molecular complexity index is 668. The van der Waals surface area contributed by atoms with E-state index in [0.29, 0.717) is 30.9 Å². The Balaban J connectivity index is 1.21. The summed E-state index contributed by atoms with van der Waals surface area (Å²) in [4.78, 5) is 25.7. The lowest BCUT2D eigenvalue weighted by Gasteiger charge is -2.38. The molecule has 1 atom stereocenters. The van der Waals surface area contributed by atoms with Gasteiger partial charge in [-0.3, -0.25) is 4.79 Å². The zero-order chi connectivity index (χ0) is 20.2. The van der Waals surface area contributed by atoms with Crippen LogP contribution < -0.4 is 5.32 Å². The van der Waals surface area contributed by atoms with Gasteiger partial charge in [-0.05, 0) is 62.1 Å². The van der Waals surface area contributed by atoms with Gasteiger partial charge in [-0.15, -0.1) is 0 Å². The molecule has 3 aliphatic rings. The number of rotatable bonds is 8. The fourth-order valence-electron chi connectivity index (χ4n) is 4.24. The van der Waals surface area contributed by atoms with Crippen molar-refractivity contribution in [2.24, 2.45) is 11.8 Å². The first-order chi connectivity index (χ1) is 14.1. The molecule has 0 bridgehead atoms. The van der Waals surface area contributed by atoms with Gasteiger partial charge in [0.25, 0.3) is 0 Å². The van der Waals surface area contributed by atoms with Crippen molar-refractivity contribution in [2.75, 3.05) is 51.2 Å². The first kappa shape index (κ1) is 20.5. The van der Waals surface area contributed by atoms with E-state index >= 15 is 0 Å². The van der Waals surface area contributed by atoms with Crippen molar-refractivity contribution in [3.8, 4) is 0 Å². The van der Waals surface area contributed by atoms with Gasteiger partial charge in [0.15, 0.2) is 0 Å². The van der Waals surface area contributed by atoms with Crippen molar-refractivity contribution in [3.05, 3.63) is 18.0 Å². The number of hydrogen-bond donors (Lipinski definition) is 1. The SMILES string of the molecule is CC(C)c1cnc(NC[C@@H]2CN(CC3CCN(CC4CC4)CC3)C(=O)CO2)nc1. The zero-order valence-electron chi connectivity index (χ0n) is 17.8. The summed E-state index contributed by atoms with van der Waals surface area (Å²) in [6.07, 6.45) is 8.97. The Morgan fingerprint density at radius 3 is 2.45 bits per heavy atom. The highest BCUT2D eigenvalue weighted by Gasteiger charge is 2.31. The summed E-state index contributed by atoms with van der Waals surface area (Å²) >= 11 is 0. The van der Waals surface area contributed by atoms with Gasteiger partial charge in [0.2, 0.25) is 11.9 Å². The second-order valence-electron chi connectivity index (χ2n) is 9.29. The molecule has 0 aromatic carbocycles. The molecule has 0 spiro atoms.